The van der Waals surface area contributed by atoms with E-state index in [1.807, 2.05) is 26.0 Å². The number of pyridine rings is 1. The molecule has 4 nitrogen and oxygen atoms in total. The Morgan fingerprint density at radius 1 is 1.60 bits per heavy atom. The van der Waals surface area contributed by atoms with Crippen molar-refractivity contribution < 1.29 is 0 Å². The van der Waals surface area contributed by atoms with Gasteiger partial charge in [-0.25, -0.2) is 0 Å². The number of nitrogens with one attached hydrogen (secondary N) is 2. The van der Waals surface area contributed by atoms with Gasteiger partial charge in [0.2, 0.25) is 0 Å². The van der Waals surface area contributed by atoms with Crippen LogP contribution in [0.3, 0.4) is 0 Å². The topological polar surface area (TPSA) is 49.3 Å². The van der Waals surface area contributed by atoms with E-state index in [9.17, 15) is 0 Å². The third kappa shape index (κ3) is 4.03. The molecule has 1 heterocycles. The lowest BCUT2D eigenvalue weighted by molar-refractivity contribution is 0.900. The number of nitrogens with zero attached hydrogens (tertiary/aromatic N) is 2. The average molecular weight is 222 g/mol. The highest BCUT2D eigenvalue weighted by molar-refractivity contribution is 7.80. The molecule has 0 aliphatic rings. The van der Waals surface area contributed by atoms with Crippen molar-refractivity contribution in [3.8, 4) is 0 Å². The van der Waals surface area contributed by atoms with Crippen LogP contribution in [0, 0.1) is 0 Å². The molecule has 1 aromatic rings. The van der Waals surface area contributed by atoms with Gasteiger partial charge in [0, 0.05) is 24.5 Å². The zero-order chi connectivity index (χ0) is 11.1. The summed E-state index contributed by atoms with van der Waals surface area (Å²) in [4.78, 5) is 4.01. The number of aromatic nitrogens is 1. The van der Waals surface area contributed by atoms with E-state index >= 15 is 0 Å². The van der Waals surface area contributed by atoms with Crippen LogP contribution in [0.4, 0.5) is 0 Å². The first-order valence-electron chi connectivity index (χ1n) is 4.72. The van der Waals surface area contributed by atoms with Gasteiger partial charge in [-0.2, -0.15) is 5.10 Å². The summed E-state index contributed by atoms with van der Waals surface area (Å²) in [6.45, 7) is 4.66. The highest BCUT2D eigenvalue weighted by Gasteiger charge is 1.96. The molecular weight excluding hydrogens is 208 g/mol. The first-order chi connectivity index (χ1) is 7.24. The number of rotatable bonds is 3. The lowest BCUT2D eigenvalue weighted by Crippen LogP contribution is -2.32. The van der Waals surface area contributed by atoms with Crippen molar-refractivity contribution in [3.63, 3.8) is 0 Å². The Morgan fingerprint density at radius 2 is 2.40 bits per heavy atom. The fourth-order valence-electron chi connectivity index (χ4n) is 0.976. The second-order valence-electron chi connectivity index (χ2n) is 2.91. The van der Waals surface area contributed by atoms with E-state index in [1.165, 1.54) is 0 Å². The van der Waals surface area contributed by atoms with E-state index in [4.69, 9.17) is 12.2 Å². The molecule has 0 aliphatic carbocycles. The summed E-state index contributed by atoms with van der Waals surface area (Å²) in [6.07, 6.45) is 3.49. The highest BCUT2D eigenvalue weighted by atomic mass is 32.1. The SMILES string of the molecule is CCNC(=S)NN=C(C)c1cccnc1. The van der Waals surface area contributed by atoms with Crippen molar-refractivity contribution in [2.45, 2.75) is 13.8 Å². The normalized spacial score (nSPS) is 10.9. The van der Waals surface area contributed by atoms with Gasteiger partial charge in [0.15, 0.2) is 5.11 Å². The second-order valence-corrected chi connectivity index (χ2v) is 3.32. The minimum Gasteiger partial charge on any atom is -0.362 e. The predicted molar refractivity (Wildman–Crippen MR) is 65.9 cm³/mol. The Balaban J connectivity index is 2.57. The van der Waals surface area contributed by atoms with Crippen molar-refractivity contribution in [1.82, 2.24) is 15.7 Å². The zero-order valence-corrected chi connectivity index (χ0v) is 9.64. The summed E-state index contributed by atoms with van der Waals surface area (Å²) in [6, 6.07) is 3.82. The molecule has 0 fully saturated rings. The van der Waals surface area contributed by atoms with Gasteiger partial charge in [-0.1, -0.05) is 6.07 Å². The van der Waals surface area contributed by atoms with Gasteiger partial charge in [0.25, 0.3) is 0 Å². The zero-order valence-electron chi connectivity index (χ0n) is 8.82. The maximum Gasteiger partial charge on any atom is 0.186 e. The summed E-state index contributed by atoms with van der Waals surface area (Å²) in [5.41, 5.74) is 4.59. The Kier molecular flexibility index (Phi) is 4.70. The Bertz CT molecular complexity index is 348. The monoisotopic (exact) mass is 222 g/mol. The third-order valence-corrected chi connectivity index (χ3v) is 1.98. The van der Waals surface area contributed by atoms with Crippen LogP contribution < -0.4 is 10.7 Å². The second kappa shape index (κ2) is 6.08. The standard InChI is InChI=1S/C10H14N4S/c1-3-12-10(15)14-13-8(2)9-5-4-6-11-7-9/h4-7H,3H2,1-2H3,(H2,12,14,15). The molecule has 0 saturated carbocycles. The molecule has 0 spiro atoms. The van der Waals surface area contributed by atoms with Crippen molar-refractivity contribution >= 4 is 23.0 Å². The van der Waals surface area contributed by atoms with E-state index in [0.29, 0.717) is 5.11 Å². The van der Waals surface area contributed by atoms with Crippen LogP contribution in [0.5, 0.6) is 0 Å². The van der Waals surface area contributed by atoms with Gasteiger partial charge >= 0.3 is 0 Å². The van der Waals surface area contributed by atoms with Crippen molar-refractivity contribution in [2.75, 3.05) is 6.54 Å². The van der Waals surface area contributed by atoms with Crippen LogP contribution >= 0.6 is 12.2 Å². The predicted octanol–water partition coefficient (Wildman–Crippen LogP) is 1.29. The van der Waals surface area contributed by atoms with Gasteiger partial charge in [0.1, 0.15) is 0 Å². The molecule has 0 aromatic carbocycles. The molecule has 0 bridgehead atoms. The Morgan fingerprint density at radius 3 is 3.00 bits per heavy atom. The average Bonchev–Trinajstić information content (AvgIpc) is 2.27. The molecule has 1 rings (SSSR count). The maximum absolute atomic E-state index is 4.98. The van der Waals surface area contributed by atoms with Crippen molar-refractivity contribution in [3.05, 3.63) is 30.1 Å². The number of hydrogen-bond acceptors (Lipinski definition) is 3. The molecule has 1 aromatic heterocycles. The molecule has 5 heteroatoms. The van der Waals surface area contributed by atoms with Crippen LogP contribution in [0.25, 0.3) is 0 Å². The van der Waals surface area contributed by atoms with Crippen LogP contribution in [-0.4, -0.2) is 22.4 Å². The molecule has 0 saturated heterocycles. The quantitative estimate of drug-likeness (QED) is 0.459. The molecule has 2 N–H and O–H groups in total. The largest absolute Gasteiger partial charge is 0.362 e. The summed E-state index contributed by atoms with van der Waals surface area (Å²) in [5.74, 6) is 0. The van der Waals surface area contributed by atoms with Crippen LogP contribution in [0.2, 0.25) is 0 Å². The molecule has 0 atom stereocenters. The molecule has 15 heavy (non-hydrogen) atoms. The van der Waals surface area contributed by atoms with Crippen LogP contribution in [0.1, 0.15) is 19.4 Å². The lowest BCUT2D eigenvalue weighted by atomic mass is 10.2. The summed E-state index contributed by atoms with van der Waals surface area (Å²) >= 11 is 4.98. The van der Waals surface area contributed by atoms with Gasteiger partial charge in [-0.3, -0.25) is 10.4 Å². The first-order valence-corrected chi connectivity index (χ1v) is 5.13. The number of thiocarbonyl (C=S) groups is 1. The minimum atomic E-state index is 0.528. The summed E-state index contributed by atoms with van der Waals surface area (Å²) < 4.78 is 0. The van der Waals surface area contributed by atoms with E-state index < -0.39 is 0 Å². The molecular formula is C10H14N4S. The molecule has 0 amide bonds. The summed E-state index contributed by atoms with van der Waals surface area (Å²) in [7, 11) is 0. The molecule has 0 aliphatic heterocycles. The maximum atomic E-state index is 4.98. The molecule has 80 valence electrons. The minimum absolute atomic E-state index is 0.528. The van der Waals surface area contributed by atoms with Crippen molar-refractivity contribution in [2.24, 2.45) is 5.10 Å². The van der Waals surface area contributed by atoms with Gasteiger partial charge in [-0.15, -0.1) is 0 Å². The molecule has 0 unspecified atom stereocenters. The fourth-order valence-corrected chi connectivity index (χ4v) is 1.17. The van der Waals surface area contributed by atoms with E-state index in [2.05, 4.69) is 20.8 Å². The Labute approximate surface area is 94.8 Å². The van der Waals surface area contributed by atoms with E-state index in [-0.39, 0.29) is 0 Å². The highest BCUT2D eigenvalue weighted by Crippen LogP contribution is 1.97. The van der Waals surface area contributed by atoms with E-state index in [0.717, 1.165) is 17.8 Å². The van der Waals surface area contributed by atoms with Gasteiger partial charge < -0.3 is 5.32 Å². The van der Waals surface area contributed by atoms with E-state index in [1.54, 1.807) is 12.4 Å². The number of hydrazone groups is 1. The molecule has 0 radical (unpaired) electrons. The fraction of sp³-hybridized carbons (Fsp3) is 0.300. The first kappa shape index (κ1) is 11.6. The van der Waals surface area contributed by atoms with Crippen LogP contribution in [-0.2, 0) is 0 Å². The smallest absolute Gasteiger partial charge is 0.186 e. The van der Waals surface area contributed by atoms with Crippen molar-refractivity contribution in [1.29, 1.82) is 0 Å². The van der Waals surface area contributed by atoms with Gasteiger partial charge in [0.05, 0.1) is 5.71 Å². The van der Waals surface area contributed by atoms with Gasteiger partial charge in [-0.05, 0) is 32.1 Å². The van der Waals surface area contributed by atoms with Crippen LogP contribution in [0.15, 0.2) is 29.6 Å². The third-order valence-electron chi connectivity index (χ3n) is 1.74. The Hall–Kier alpha value is -1.49. The summed E-state index contributed by atoms with van der Waals surface area (Å²) in [5, 5.41) is 7.61. The number of hydrogen-bond donors (Lipinski definition) is 2. The lowest BCUT2D eigenvalue weighted by Gasteiger charge is -2.05.